The van der Waals surface area contributed by atoms with Crippen molar-refractivity contribution >= 4 is 12.4 Å². The second kappa shape index (κ2) is 45.4. The van der Waals surface area contributed by atoms with Crippen molar-refractivity contribution < 1.29 is 4.48 Å². The molecule has 0 radical (unpaired) electrons. The summed E-state index contributed by atoms with van der Waals surface area (Å²) in [7, 11) is 0. The van der Waals surface area contributed by atoms with Crippen LogP contribution < -0.4 is 0 Å². The highest BCUT2D eigenvalue weighted by Gasteiger charge is 2.25. The molecule has 0 N–H and O–H groups in total. The molecule has 1 nitrogen and oxygen atoms in total. The summed E-state index contributed by atoms with van der Waals surface area (Å²) in [5, 5.41) is 0. The van der Waals surface area contributed by atoms with E-state index in [2.05, 4.69) is 27.7 Å². The molecule has 0 spiro atoms. The first kappa shape index (κ1) is 52.4. The van der Waals surface area contributed by atoms with Crippen LogP contribution in [0.25, 0.3) is 0 Å². The molecule has 0 fully saturated rings. The maximum absolute atomic E-state index is 2.34. The van der Waals surface area contributed by atoms with Crippen LogP contribution in [0.4, 0.5) is 0 Å². The number of halogens is 1. The minimum absolute atomic E-state index is 0. The van der Waals surface area contributed by atoms with E-state index in [0.717, 1.165) is 0 Å². The third-order valence-electron chi connectivity index (χ3n) is 11.9. The average molecular weight is 728 g/mol. The van der Waals surface area contributed by atoms with E-state index in [1.807, 2.05) is 0 Å². The molecular formula is C48H101ClN+. The van der Waals surface area contributed by atoms with Gasteiger partial charge >= 0.3 is 0 Å². The summed E-state index contributed by atoms with van der Waals surface area (Å²) in [6, 6.07) is 0. The lowest BCUT2D eigenvalue weighted by Gasteiger charge is -2.40. The van der Waals surface area contributed by atoms with Crippen LogP contribution in [0.5, 0.6) is 0 Å². The van der Waals surface area contributed by atoms with E-state index in [4.69, 9.17) is 0 Å². The molecule has 0 aliphatic rings. The SMILES string of the molecule is CCCCCCCCCCCC[N+](CCCCCCCCCCCC)(CCCCCCCCCCCC)CCCCCCCCCCCC.Cl. The third-order valence-corrected chi connectivity index (χ3v) is 11.9. The summed E-state index contributed by atoms with van der Waals surface area (Å²) in [6.07, 6.45) is 58.7. The Morgan fingerprint density at radius 2 is 0.300 bits per heavy atom. The molecule has 0 atom stereocenters. The van der Waals surface area contributed by atoms with Crippen molar-refractivity contribution in [3.63, 3.8) is 0 Å². The summed E-state index contributed by atoms with van der Waals surface area (Å²) >= 11 is 0. The Kier molecular flexibility index (Phi) is 47.5. The Hall–Kier alpha value is 0.250. The Labute approximate surface area is 326 Å². The summed E-state index contributed by atoms with van der Waals surface area (Å²) < 4.78 is 1.49. The van der Waals surface area contributed by atoms with Gasteiger partial charge in [-0.15, -0.1) is 12.4 Å². The highest BCUT2D eigenvalue weighted by atomic mass is 35.5. The quantitative estimate of drug-likeness (QED) is 0.0433. The highest BCUT2D eigenvalue weighted by molar-refractivity contribution is 5.85. The fourth-order valence-electron chi connectivity index (χ4n) is 8.41. The Morgan fingerprint density at radius 1 is 0.180 bits per heavy atom. The maximum atomic E-state index is 2.34. The van der Waals surface area contributed by atoms with Crippen LogP contribution >= 0.6 is 12.4 Å². The Balaban J connectivity index is 0. The molecule has 0 saturated heterocycles. The van der Waals surface area contributed by atoms with Crippen LogP contribution in [0.3, 0.4) is 0 Å². The normalized spacial score (nSPS) is 11.8. The Morgan fingerprint density at radius 3 is 0.440 bits per heavy atom. The van der Waals surface area contributed by atoms with Gasteiger partial charge in [-0.1, -0.05) is 233 Å². The first-order valence-electron chi connectivity index (χ1n) is 24.1. The van der Waals surface area contributed by atoms with Crippen molar-refractivity contribution in [1.82, 2.24) is 0 Å². The van der Waals surface area contributed by atoms with Crippen molar-refractivity contribution in [3.05, 3.63) is 0 Å². The van der Waals surface area contributed by atoms with Crippen molar-refractivity contribution in [3.8, 4) is 0 Å². The van der Waals surface area contributed by atoms with Crippen LogP contribution in [-0.4, -0.2) is 30.7 Å². The van der Waals surface area contributed by atoms with Gasteiger partial charge in [0.1, 0.15) is 0 Å². The summed E-state index contributed by atoms with van der Waals surface area (Å²) in [5.74, 6) is 0. The maximum Gasteiger partial charge on any atom is 0.0786 e. The van der Waals surface area contributed by atoms with Gasteiger partial charge in [-0.3, -0.25) is 0 Å². The topological polar surface area (TPSA) is 0 Å². The minimum atomic E-state index is 0. The fraction of sp³-hybridized carbons (Fsp3) is 1.00. The van der Waals surface area contributed by atoms with Gasteiger partial charge < -0.3 is 4.48 Å². The van der Waals surface area contributed by atoms with E-state index in [-0.39, 0.29) is 12.4 Å². The second-order valence-corrected chi connectivity index (χ2v) is 17.0. The zero-order valence-corrected chi connectivity index (χ0v) is 36.8. The lowest BCUT2D eigenvalue weighted by molar-refractivity contribution is -0.929. The fourth-order valence-corrected chi connectivity index (χ4v) is 8.41. The number of rotatable bonds is 44. The van der Waals surface area contributed by atoms with Crippen molar-refractivity contribution in [2.75, 3.05) is 26.2 Å². The number of hydrogen-bond donors (Lipinski definition) is 0. The molecule has 0 aliphatic heterocycles. The van der Waals surface area contributed by atoms with E-state index >= 15 is 0 Å². The van der Waals surface area contributed by atoms with Crippen LogP contribution in [0.1, 0.15) is 285 Å². The van der Waals surface area contributed by atoms with E-state index in [9.17, 15) is 0 Å². The Bertz CT molecular complexity index is 475. The zero-order chi connectivity index (χ0) is 35.6. The van der Waals surface area contributed by atoms with Gasteiger partial charge in [0.25, 0.3) is 0 Å². The van der Waals surface area contributed by atoms with Gasteiger partial charge in [0.15, 0.2) is 0 Å². The standard InChI is InChI=1S/C48H100N.ClH/c1-5-9-13-17-21-25-29-33-37-41-45-49(46-42-38-34-30-26-22-18-14-10-6-2,47-43-39-35-31-27-23-19-15-11-7-3)48-44-40-36-32-28-24-20-16-12-8-4;/h5-48H2,1-4H3;1H/q+1;. The monoisotopic (exact) mass is 727 g/mol. The van der Waals surface area contributed by atoms with Gasteiger partial charge in [0.2, 0.25) is 0 Å². The van der Waals surface area contributed by atoms with E-state index in [1.54, 1.807) is 0 Å². The highest BCUT2D eigenvalue weighted by Crippen LogP contribution is 2.22. The molecule has 0 aromatic carbocycles. The molecule has 0 aromatic heterocycles. The number of nitrogens with zero attached hydrogens (tertiary/aromatic N) is 1. The zero-order valence-electron chi connectivity index (χ0n) is 36.0. The van der Waals surface area contributed by atoms with E-state index < -0.39 is 0 Å². The third kappa shape index (κ3) is 39.5. The molecule has 304 valence electrons. The van der Waals surface area contributed by atoms with Gasteiger partial charge in [-0.05, 0) is 51.4 Å². The largest absolute Gasteiger partial charge is 0.324 e. The van der Waals surface area contributed by atoms with Gasteiger partial charge in [-0.25, -0.2) is 0 Å². The van der Waals surface area contributed by atoms with Crippen molar-refractivity contribution in [2.24, 2.45) is 0 Å². The molecule has 0 bridgehead atoms. The second-order valence-electron chi connectivity index (χ2n) is 17.0. The number of quaternary nitrogens is 1. The molecule has 50 heavy (non-hydrogen) atoms. The summed E-state index contributed by atoms with van der Waals surface area (Å²) in [6.45, 7) is 15.3. The van der Waals surface area contributed by atoms with Crippen LogP contribution in [0.15, 0.2) is 0 Å². The van der Waals surface area contributed by atoms with Crippen LogP contribution in [-0.2, 0) is 0 Å². The molecule has 0 aliphatic carbocycles. The van der Waals surface area contributed by atoms with Gasteiger partial charge in [0.05, 0.1) is 26.2 Å². The summed E-state index contributed by atoms with van der Waals surface area (Å²) in [4.78, 5) is 0. The lowest BCUT2D eigenvalue weighted by atomic mass is 10.0. The summed E-state index contributed by atoms with van der Waals surface area (Å²) in [5.41, 5.74) is 0. The van der Waals surface area contributed by atoms with E-state index in [0.29, 0.717) is 0 Å². The molecule has 0 amide bonds. The average Bonchev–Trinajstić information content (AvgIpc) is 3.11. The van der Waals surface area contributed by atoms with Gasteiger partial charge in [0, 0.05) is 0 Å². The predicted molar refractivity (Wildman–Crippen MR) is 234 cm³/mol. The molecule has 0 rings (SSSR count). The molecule has 0 heterocycles. The van der Waals surface area contributed by atoms with Crippen molar-refractivity contribution in [1.29, 1.82) is 0 Å². The van der Waals surface area contributed by atoms with Gasteiger partial charge in [-0.2, -0.15) is 0 Å². The lowest BCUT2D eigenvalue weighted by Crippen LogP contribution is -2.50. The molecular weight excluding hydrogens is 626 g/mol. The first-order valence-corrected chi connectivity index (χ1v) is 24.1. The van der Waals surface area contributed by atoms with Crippen molar-refractivity contribution in [2.45, 2.75) is 285 Å². The number of unbranched alkanes of at least 4 members (excludes halogenated alkanes) is 36. The molecule has 2 heteroatoms. The smallest absolute Gasteiger partial charge is 0.0786 e. The predicted octanol–water partition coefficient (Wildman–Crippen LogP) is 17.9. The van der Waals surface area contributed by atoms with Crippen LogP contribution in [0.2, 0.25) is 0 Å². The molecule has 0 aromatic rings. The first-order chi connectivity index (χ1) is 24.2. The number of hydrogen-bond acceptors (Lipinski definition) is 0. The van der Waals surface area contributed by atoms with Crippen LogP contribution in [0, 0.1) is 0 Å². The minimum Gasteiger partial charge on any atom is -0.324 e. The van der Waals surface area contributed by atoms with E-state index in [1.165, 1.54) is 287 Å². The molecule has 0 unspecified atom stereocenters. The molecule has 0 saturated carbocycles.